The first-order chi connectivity index (χ1) is 25.9. The van der Waals surface area contributed by atoms with Crippen molar-refractivity contribution in [3.8, 4) is 12.3 Å². The van der Waals surface area contributed by atoms with Crippen LogP contribution in [0.4, 0.5) is 17.1 Å². The number of nitrogen functional groups attached to an aromatic ring is 1. The number of rotatable bonds is 17. The average Bonchev–Trinajstić information content (AvgIpc) is 3.20. The Morgan fingerprint density at radius 1 is 0.685 bits per heavy atom. The third-order valence-electron chi connectivity index (χ3n) is 7.94. The molecule has 0 aliphatic rings. The molecule has 0 aromatic heterocycles. The molecule has 5 nitrogen and oxygen atoms in total. The second kappa shape index (κ2) is 29.7. The van der Waals surface area contributed by atoms with Crippen LogP contribution in [0.3, 0.4) is 0 Å². The van der Waals surface area contributed by atoms with Gasteiger partial charge in [-0.2, -0.15) is 0 Å². The zero-order valence-corrected chi connectivity index (χ0v) is 33.4. The summed E-state index contributed by atoms with van der Waals surface area (Å²) in [5.41, 5.74) is 29.7. The van der Waals surface area contributed by atoms with Crippen molar-refractivity contribution < 1.29 is 0 Å². The van der Waals surface area contributed by atoms with E-state index < -0.39 is 0 Å². The van der Waals surface area contributed by atoms with E-state index in [9.17, 15) is 0 Å². The van der Waals surface area contributed by atoms with Crippen LogP contribution in [0.25, 0.3) is 0 Å². The van der Waals surface area contributed by atoms with Crippen molar-refractivity contribution in [3.05, 3.63) is 199 Å². The summed E-state index contributed by atoms with van der Waals surface area (Å²) in [6, 6.07) is 24.7. The summed E-state index contributed by atoms with van der Waals surface area (Å²) in [7, 11) is 3.86. The van der Waals surface area contributed by atoms with Gasteiger partial charge in [0.1, 0.15) is 0 Å². The minimum atomic E-state index is 0.449. The van der Waals surface area contributed by atoms with Crippen molar-refractivity contribution in [2.24, 2.45) is 11.5 Å². The van der Waals surface area contributed by atoms with E-state index in [1.807, 2.05) is 62.7 Å². The predicted molar refractivity (Wildman–Crippen MR) is 244 cm³/mol. The molecule has 3 aromatic carbocycles. The zero-order valence-electron chi connectivity index (χ0n) is 33.4. The van der Waals surface area contributed by atoms with E-state index >= 15 is 0 Å². The first-order valence-electron chi connectivity index (χ1n) is 18.2. The predicted octanol–water partition coefficient (Wildman–Crippen LogP) is 10.9. The van der Waals surface area contributed by atoms with Crippen LogP contribution in [-0.4, -0.2) is 27.2 Å². The van der Waals surface area contributed by atoms with Gasteiger partial charge in [-0.05, 0) is 120 Å². The van der Waals surface area contributed by atoms with Gasteiger partial charge in [0, 0.05) is 49.8 Å². The van der Waals surface area contributed by atoms with E-state index in [4.69, 9.17) is 23.6 Å². The second-order valence-corrected chi connectivity index (χ2v) is 12.3. The van der Waals surface area contributed by atoms with Gasteiger partial charge < -0.3 is 27.8 Å². The lowest BCUT2D eigenvalue weighted by Crippen LogP contribution is -2.00. The molecule has 0 atom stereocenters. The highest BCUT2D eigenvalue weighted by Gasteiger charge is 1.99. The van der Waals surface area contributed by atoms with E-state index in [-0.39, 0.29) is 0 Å². The highest BCUT2D eigenvalue weighted by Crippen LogP contribution is 2.17. The average molecular weight is 724 g/mol. The fraction of sp³-hybridized carbons (Fsp3) is 0.224. The largest absolute Gasteiger partial charge is 0.399 e. The smallest absolute Gasteiger partial charge is 0.0340 e. The van der Waals surface area contributed by atoms with Crippen molar-refractivity contribution in [1.29, 1.82) is 0 Å². The van der Waals surface area contributed by atoms with Crippen LogP contribution >= 0.6 is 0 Å². The summed E-state index contributed by atoms with van der Waals surface area (Å²) in [6.45, 7) is 27.8. The minimum absolute atomic E-state index is 0.449. The number of allylic oxidation sites excluding steroid dienone is 8. The van der Waals surface area contributed by atoms with Gasteiger partial charge in [-0.3, -0.25) is 0 Å². The Bertz CT molecular complexity index is 1780. The molecule has 0 saturated carbocycles. The number of terminal acetylenes is 1. The molecule has 0 aliphatic carbocycles. The molecule has 0 spiro atoms. The van der Waals surface area contributed by atoms with Crippen molar-refractivity contribution in [3.63, 3.8) is 0 Å². The van der Waals surface area contributed by atoms with Gasteiger partial charge in [-0.1, -0.05) is 125 Å². The quantitative estimate of drug-likeness (QED) is 0.0542. The normalized spacial score (nSPS) is 10.6. The van der Waals surface area contributed by atoms with Crippen LogP contribution in [0.5, 0.6) is 0 Å². The summed E-state index contributed by atoms with van der Waals surface area (Å²) < 4.78 is 0. The number of hydrogen-bond acceptors (Lipinski definition) is 5. The van der Waals surface area contributed by atoms with E-state index in [1.54, 1.807) is 12.2 Å². The maximum Gasteiger partial charge on any atom is 0.0340 e. The first kappa shape index (κ1) is 48.2. The Hall–Kier alpha value is -5.80. The lowest BCUT2D eigenvalue weighted by molar-refractivity contribution is 0.961. The Balaban J connectivity index is 0.000000723. The molecule has 3 aromatic rings. The van der Waals surface area contributed by atoms with Gasteiger partial charge in [0.2, 0.25) is 0 Å². The molecule has 286 valence electrons. The molecule has 0 radical (unpaired) electrons. The van der Waals surface area contributed by atoms with Crippen molar-refractivity contribution in [2.75, 3.05) is 43.6 Å². The van der Waals surface area contributed by atoms with Crippen LogP contribution in [-0.2, 0) is 12.8 Å². The molecule has 3 rings (SSSR count). The number of aryl methyl sites for hydroxylation is 3. The standard InChI is InChI=1S/C16H22N2.C16H21N.C9H11N.C8H11N/c1-4-14(10-13(2)12-17)8-9-15-6-5-7-16(11-15)18-3;1-4-13(3)11-14(5-2)9-10-15-7-6-8-16(17)12-15;1-4-8(3)6-9(5-2)7-10;1-7-4-3-5-8(6-7)9-2/h4-7,10-11,18H,1-2,8-9,12,17H2,3H3;5-8,11-12H,2-4,9-10,17H2,1H3;1,5-6H,2-3,7,10H2;3-6,9H,1-2H3. The molecule has 0 heterocycles. The molecule has 0 unspecified atom stereocenters. The van der Waals surface area contributed by atoms with E-state index in [1.165, 1.54) is 33.5 Å². The first-order valence-corrected chi connectivity index (χ1v) is 18.2. The Morgan fingerprint density at radius 3 is 1.61 bits per heavy atom. The van der Waals surface area contributed by atoms with Gasteiger partial charge in [-0.25, -0.2) is 0 Å². The number of hydrogen-bond donors (Lipinski definition) is 5. The Morgan fingerprint density at radius 2 is 1.19 bits per heavy atom. The van der Waals surface area contributed by atoms with Gasteiger partial charge in [0.05, 0.1) is 0 Å². The third kappa shape index (κ3) is 22.9. The minimum Gasteiger partial charge on any atom is -0.399 e. The Labute approximate surface area is 328 Å². The molecule has 0 aliphatic heterocycles. The highest BCUT2D eigenvalue weighted by molar-refractivity contribution is 5.46. The molecular formula is C49H65N5. The maximum atomic E-state index is 5.75. The lowest BCUT2D eigenvalue weighted by atomic mass is 10.0. The summed E-state index contributed by atoms with van der Waals surface area (Å²) >= 11 is 0. The summed E-state index contributed by atoms with van der Waals surface area (Å²) in [4.78, 5) is 0. The molecule has 0 amide bonds. The lowest BCUT2D eigenvalue weighted by Gasteiger charge is -2.06. The van der Waals surface area contributed by atoms with Crippen LogP contribution in [0.15, 0.2) is 182 Å². The Kier molecular flexibility index (Phi) is 26.5. The summed E-state index contributed by atoms with van der Waals surface area (Å²) in [5, 5.41) is 6.21. The fourth-order valence-electron chi connectivity index (χ4n) is 4.63. The number of anilines is 3. The van der Waals surface area contributed by atoms with E-state index in [0.29, 0.717) is 18.7 Å². The van der Waals surface area contributed by atoms with Gasteiger partial charge in [-0.15, -0.1) is 6.42 Å². The summed E-state index contributed by atoms with van der Waals surface area (Å²) in [6.07, 6.45) is 21.3. The van der Waals surface area contributed by atoms with E-state index in [2.05, 4.69) is 118 Å². The molecule has 0 bridgehead atoms. The van der Waals surface area contributed by atoms with Crippen molar-refractivity contribution in [2.45, 2.75) is 46.0 Å². The molecule has 8 N–H and O–H groups in total. The molecule has 54 heavy (non-hydrogen) atoms. The van der Waals surface area contributed by atoms with Crippen LogP contribution in [0.1, 0.15) is 42.9 Å². The number of nitrogens with two attached hydrogens (primary N) is 3. The van der Waals surface area contributed by atoms with Crippen LogP contribution in [0, 0.1) is 19.3 Å². The highest BCUT2D eigenvalue weighted by atomic mass is 14.8. The van der Waals surface area contributed by atoms with E-state index in [0.717, 1.165) is 60.2 Å². The SMILES string of the molecule is C#CC(=C)C=C(C=C)CN.C=CC(=CC(=C)CC)CCc1cccc(N)c1.C=CC(=CC(=C)CN)CCc1cccc(NC)c1.CNc1cccc(C)c1. The number of nitrogens with one attached hydrogen (secondary N) is 2. The second-order valence-electron chi connectivity index (χ2n) is 12.3. The summed E-state index contributed by atoms with van der Waals surface area (Å²) in [5.74, 6) is 2.39. The van der Waals surface area contributed by atoms with Crippen molar-refractivity contribution >= 4 is 17.1 Å². The van der Waals surface area contributed by atoms with Gasteiger partial charge in [0.25, 0.3) is 0 Å². The van der Waals surface area contributed by atoms with Gasteiger partial charge in [0.15, 0.2) is 0 Å². The molecule has 5 heteroatoms. The van der Waals surface area contributed by atoms with Crippen molar-refractivity contribution in [1.82, 2.24) is 0 Å². The van der Waals surface area contributed by atoms with Crippen LogP contribution < -0.4 is 27.8 Å². The molecule has 0 fully saturated rings. The van der Waals surface area contributed by atoms with Crippen LogP contribution in [0.2, 0.25) is 0 Å². The maximum absolute atomic E-state index is 5.75. The molecule has 0 saturated heterocycles. The zero-order chi connectivity index (χ0) is 40.7. The monoisotopic (exact) mass is 724 g/mol. The fourth-order valence-corrected chi connectivity index (χ4v) is 4.63. The molecular weight excluding hydrogens is 659 g/mol. The number of benzene rings is 3. The third-order valence-corrected chi connectivity index (χ3v) is 7.94. The topological polar surface area (TPSA) is 102 Å². The van der Waals surface area contributed by atoms with Gasteiger partial charge >= 0.3 is 0 Å².